The summed E-state index contributed by atoms with van der Waals surface area (Å²) in [5.74, 6) is -1.35. The fraction of sp³-hybridized carbons (Fsp3) is 0.375. The molecule has 2 aliphatic heterocycles. The minimum atomic E-state index is -0.880. The molecule has 8 nitrogen and oxygen atoms in total. The lowest BCUT2D eigenvalue weighted by molar-refractivity contribution is -0.145. The van der Waals surface area contributed by atoms with E-state index in [-0.39, 0.29) is 24.8 Å². The van der Waals surface area contributed by atoms with Crippen molar-refractivity contribution in [2.75, 3.05) is 56.0 Å². The molecule has 1 unspecified atom stereocenters. The standard InChI is InChI=1S/C24H27ClFN5O3/c25-17-2-1-3-20(14-17)30-12-10-29(11-13-30)16-23(33)31-9-8-27-24(34)21(31)15-22(32)28-19-6-4-18(26)5-7-19/h1-7,14,21H,8-13,15-16H2,(H,27,34)(H,28,32). The molecule has 0 radical (unpaired) electrons. The van der Waals surface area contributed by atoms with Crippen LogP contribution in [0.2, 0.25) is 5.02 Å². The van der Waals surface area contributed by atoms with Crippen LogP contribution in [0.1, 0.15) is 6.42 Å². The van der Waals surface area contributed by atoms with Crippen LogP contribution < -0.4 is 15.5 Å². The van der Waals surface area contributed by atoms with Gasteiger partial charge in [-0.05, 0) is 42.5 Å². The molecule has 180 valence electrons. The number of benzene rings is 2. The molecule has 2 saturated heterocycles. The van der Waals surface area contributed by atoms with E-state index in [0.717, 1.165) is 18.8 Å². The average molecular weight is 488 g/mol. The molecule has 4 rings (SSSR count). The highest BCUT2D eigenvalue weighted by Crippen LogP contribution is 2.21. The van der Waals surface area contributed by atoms with Gasteiger partial charge in [0.1, 0.15) is 11.9 Å². The Bertz CT molecular complexity index is 1040. The Morgan fingerprint density at radius 1 is 1.06 bits per heavy atom. The van der Waals surface area contributed by atoms with Gasteiger partial charge in [0.15, 0.2) is 0 Å². The van der Waals surface area contributed by atoms with Crippen LogP contribution in [-0.2, 0) is 14.4 Å². The maximum absolute atomic E-state index is 13.1. The molecule has 2 aliphatic rings. The van der Waals surface area contributed by atoms with Crippen molar-refractivity contribution in [2.24, 2.45) is 0 Å². The fourth-order valence-corrected chi connectivity index (χ4v) is 4.44. The SMILES string of the molecule is O=C(CC1C(=O)NCCN1C(=O)CN1CCN(c2cccc(Cl)c2)CC1)Nc1ccc(F)cc1. The van der Waals surface area contributed by atoms with Crippen LogP contribution in [0.5, 0.6) is 0 Å². The van der Waals surface area contributed by atoms with Gasteiger partial charge in [-0.15, -0.1) is 0 Å². The summed E-state index contributed by atoms with van der Waals surface area (Å²) < 4.78 is 13.1. The average Bonchev–Trinajstić information content (AvgIpc) is 2.82. The van der Waals surface area contributed by atoms with E-state index in [1.54, 1.807) is 0 Å². The number of piperazine rings is 2. The van der Waals surface area contributed by atoms with Crippen molar-refractivity contribution in [2.45, 2.75) is 12.5 Å². The summed E-state index contributed by atoms with van der Waals surface area (Å²) in [6, 6.07) is 12.2. The second kappa shape index (κ2) is 10.8. The van der Waals surface area contributed by atoms with Crippen LogP contribution in [0.3, 0.4) is 0 Å². The molecule has 0 aromatic heterocycles. The number of nitrogens with zero attached hydrogens (tertiary/aromatic N) is 3. The molecule has 2 aromatic rings. The zero-order valence-corrected chi connectivity index (χ0v) is 19.4. The van der Waals surface area contributed by atoms with Gasteiger partial charge in [-0.3, -0.25) is 19.3 Å². The number of hydrogen-bond donors (Lipinski definition) is 2. The molecule has 3 amide bonds. The third-order valence-electron chi connectivity index (χ3n) is 6.06. The Labute approximate surface area is 202 Å². The largest absolute Gasteiger partial charge is 0.369 e. The molecule has 2 aromatic carbocycles. The van der Waals surface area contributed by atoms with E-state index in [9.17, 15) is 18.8 Å². The Hall–Kier alpha value is -3.17. The molecule has 2 N–H and O–H groups in total. The summed E-state index contributed by atoms with van der Waals surface area (Å²) in [5.41, 5.74) is 1.48. The molecule has 0 saturated carbocycles. The van der Waals surface area contributed by atoms with Gasteiger partial charge in [0.05, 0.1) is 13.0 Å². The first-order chi connectivity index (χ1) is 16.4. The Balaban J connectivity index is 1.32. The number of halogens is 2. The quantitative estimate of drug-likeness (QED) is 0.650. The number of carbonyl (C=O) groups excluding carboxylic acids is 3. The summed E-state index contributed by atoms with van der Waals surface area (Å²) in [6.45, 7) is 3.81. The lowest BCUT2D eigenvalue weighted by Gasteiger charge is -2.39. The second-order valence-corrected chi connectivity index (χ2v) is 8.83. The van der Waals surface area contributed by atoms with Gasteiger partial charge in [0, 0.05) is 55.7 Å². The van der Waals surface area contributed by atoms with E-state index >= 15 is 0 Å². The molecule has 0 aliphatic carbocycles. The van der Waals surface area contributed by atoms with Crippen molar-refractivity contribution in [1.82, 2.24) is 15.1 Å². The number of carbonyl (C=O) groups is 3. The number of nitrogens with one attached hydrogen (secondary N) is 2. The first-order valence-electron chi connectivity index (χ1n) is 11.2. The second-order valence-electron chi connectivity index (χ2n) is 8.40. The Morgan fingerprint density at radius 3 is 2.50 bits per heavy atom. The van der Waals surface area contributed by atoms with E-state index in [1.165, 1.54) is 29.2 Å². The van der Waals surface area contributed by atoms with Crippen LogP contribution in [0.4, 0.5) is 15.8 Å². The Kier molecular flexibility index (Phi) is 7.64. The third-order valence-corrected chi connectivity index (χ3v) is 6.30. The van der Waals surface area contributed by atoms with Crippen LogP contribution in [-0.4, -0.2) is 79.4 Å². The van der Waals surface area contributed by atoms with Crippen molar-refractivity contribution < 1.29 is 18.8 Å². The summed E-state index contributed by atoms with van der Waals surface area (Å²) in [4.78, 5) is 43.9. The smallest absolute Gasteiger partial charge is 0.243 e. The number of amides is 3. The fourth-order valence-electron chi connectivity index (χ4n) is 4.26. The van der Waals surface area contributed by atoms with E-state index in [4.69, 9.17) is 11.6 Å². The highest BCUT2D eigenvalue weighted by atomic mass is 35.5. The van der Waals surface area contributed by atoms with Gasteiger partial charge in [-0.25, -0.2) is 4.39 Å². The molecular weight excluding hydrogens is 461 g/mol. The molecular formula is C24H27ClFN5O3. The predicted molar refractivity (Wildman–Crippen MR) is 128 cm³/mol. The lowest BCUT2D eigenvalue weighted by Crippen LogP contribution is -2.60. The predicted octanol–water partition coefficient (Wildman–Crippen LogP) is 1.96. The molecule has 0 bridgehead atoms. The number of hydrogen-bond acceptors (Lipinski definition) is 5. The van der Waals surface area contributed by atoms with Gasteiger partial charge in [-0.1, -0.05) is 17.7 Å². The van der Waals surface area contributed by atoms with Crippen molar-refractivity contribution in [1.29, 1.82) is 0 Å². The van der Waals surface area contributed by atoms with Crippen molar-refractivity contribution >= 4 is 40.7 Å². The monoisotopic (exact) mass is 487 g/mol. The zero-order chi connectivity index (χ0) is 24.1. The Morgan fingerprint density at radius 2 is 1.79 bits per heavy atom. The van der Waals surface area contributed by atoms with Crippen LogP contribution in [0.25, 0.3) is 0 Å². The molecule has 2 fully saturated rings. The molecule has 2 heterocycles. The maximum Gasteiger partial charge on any atom is 0.243 e. The minimum Gasteiger partial charge on any atom is -0.369 e. The number of anilines is 2. The molecule has 1 atom stereocenters. The summed E-state index contributed by atoms with van der Waals surface area (Å²) in [6.07, 6.45) is -0.169. The molecule has 34 heavy (non-hydrogen) atoms. The topological polar surface area (TPSA) is 85.0 Å². The van der Waals surface area contributed by atoms with Gasteiger partial charge in [0.25, 0.3) is 0 Å². The summed E-state index contributed by atoms with van der Waals surface area (Å²) >= 11 is 6.10. The first-order valence-corrected chi connectivity index (χ1v) is 11.6. The van der Waals surface area contributed by atoms with Gasteiger partial charge < -0.3 is 20.4 Å². The van der Waals surface area contributed by atoms with Crippen molar-refractivity contribution in [3.63, 3.8) is 0 Å². The van der Waals surface area contributed by atoms with E-state index in [1.807, 2.05) is 24.3 Å². The van der Waals surface area contributed by atoms with Gasteiger partial charge in [0.2, 0.25) is 17.7 Å². The maximum atomic E-state index is 13.1. The third kappa shape index (κ3) is 6.03. The van der Waals surface area contributed by atoms with Crippen molar-refractivity contribution in [3.8, 4) is 0 Å². The van der Waals surface area contributed by atoms with E-state index in [2.05, 4.69) is 20.4 Å². The first kappa shape index (κ1) is 24.0. The van der Waals surface area contributed by atoms with Crippen LogP contribution in [0.15, 0.2) is 48.5 Å². The van der Waals surface area contributed by atoms with Crippen molar-refractivity contribution in [3.05, 3.63) is 59.4 Å². The lowest BCUT2D eigenvalue weighted by atomic mass is 10.1. The molecule has 10 heteroatoms. The summed E-state index contributed by atoms with van der Waals surface area (Å²) in [5, 5.41) is 6.07. The highest BCUT2D eigenvalue weighted by Gasteiger charge is 2.35. The summed E-state index contributed by atoms with van der Waals surface area (Å²) in [7, 11) is 0. The van der Waals surface area contributed by atoms with Gasteiger partial charge in [-0.2, -0.15) is 0 Å². The van der Waals surface area contributed by atoms with Crippen LogP contribution in [0, 0.1) is 5.82 Å². The minimum absolute atomic E-state index is 0.169. The highest BCUT2D eigenvalue weighted by molar-refractivity contribution is 6.30. The van der Waals surface area contributed by atoms with E-state index in [0.29, 0.717) is 36.9 Å². The molecule has 0 spiro atoms. The van der Waals surface area contributed by atoms with Gasteiger partial charge >= 0.3 is 0 Å². The van der Waals surface area contributed by atoms with Crippen LogP contribution >= 0.6 is 11.6 Å². The normalized spacial score (nSPS) is 19.0. The van der Waals surface area contributed by atoms with E-state index < -0.39 is 17.8 Å². The number of rotatable bonds is 6. The zero-order valence-electron chi connectivity index (χ0n) is 18.7.